The Balaban J connectivity index is 1.48. The van der Waals surface area contributed by atoms with E-state index >= 15 is 0 Å². The summed E-state index contributed by atoms with van der Waals surface area (Å²) in [6.45, 7) is 0.340. The molecule has 5 nitrogen and oxygen atoms in total. The smallest absolute Gasteiger partial charge is 0.227 e. The predicted molar refractivity (Wildman–Crippen MR) is 126 cm³/mol. The van der Waals surface area contributed by atoms with Gasteiger partial charge in [-0.15, -0.1) is 0 Å². The number of hydrogen-bond donors (Lipinski definition) is 0. The Bertz CT molecular complexity index is 1410. The van der Waals surface area contributed by atoms with Gasteiger partial charge in [0.25, 0.3) is 0 Å². The number of hydrogen-bond acceptors (Lipinski definition) is 4. The summed E-state index contributed by atoms with van der Waals surface area (Å²) < 4.78 is 30.0. The van der Waals surface area contributed by atoms with E-state index in [0.29, 0.717) is 18.0 Å². The molecular weight excluding hydrogens is 446 g/mol. The number of rotatable bonds is 5. The fraction of sp³-hybridized carbons (Fsp3) is 0.240. The van der Waals surface area contributed by atoms with Crippen molar-refractivity contribution >= 4 is 49.1 Å². The van der Waals surface area contributed by atoms with Gasteiger partial charge >= 0.3 is 0 Å². The number of carbonyl (C=O) groups excluding carboxylic acids is 1. The summed E-state index contributed by atoms with van der Waals surface area (Å²) in [6, 6.07) is 18.9. The van der Waals surface area contributed by atoms with Crippen LogP contribution in [0.1, 0.15) is 17.5 Å². The molecule has 1 aliphatic heterocycles. The average Bonchev–Trinajstić information content (AvgIpc) is 3.36. The van der Waals surface area contributed by atoms with Crippen LogP contribution in [0.3, 0.4) is 0 Å². The number of nitrogens with zero attached hydrogens (tertiary/aromatic N) is 1. The summed E-state index contributed by atoms with van der Waals surface area (Å²) in [4.78, 5) is 15.2. The van der Waals surface area contributed by atoms with Gasteiger partial charge in [-0.1, -0.05) is 54.1 Å². The minimum Gasteiger partial charge on any atom is -0.464 e. The van der Waals surface area contributed by atoms with Crippen molar-refractivity contribution < 1.29 is 17.6 Å². The summed E-state index contributed by atoms with van der Waals surface area (Å²) in [5.41, 5.74) is 2.46. The Labute approximate surface area is 191 Å². The first-order valence-corrected chi connectivity index (χ1v) is 12.7. The highest BCUT2D eigenvalue weighted by atomic mass is 35.5. The molecule has 1 amide bonds. The van der Waals surface area contributed by atoms with Crippen LogP contribution in [0.15, 0.2) is 71.3 Å². The van der Waals surface area contributed by atoms with Gasteiger partial charge in [0.05, 0.1) is 24.2 Å². The molecule has 0 aliphatic carbocycles. The second-order valence-corrected chi connectivity index (χ2v) is 11.0. The SMILES string of the molecule is O=C(Cc1coc2ccc3ccccc3c12)N(Cc1ccc(Cl)cc1)C1CCS(=O)(=O)C1. The summed E-state index contributed by atoms with van der Waals surface area (Å²) in [5.74, 6) is 0.000572. The molecular formula is C25H22ClNO4S. The van der Waals surface area contributed by atoms with Gasteiger partial charge in [0.1, 0.15) is 5.58 Å². The highest BCUT2D eigenvalue weighted by Crippen LogP contribution is 2.31. The predicted octanol–water partition coefficient (Wildman–Crippen LogP) is 5.00. The second-order valence-electron chi connectivity index (χ2n) is 8.30. The number of benzene rings is 3. The van der Waals surface area contributed by atoms with Crippen molar-refractivity contribution in [1.29, 1.82) is 0 Å². The molecule has 0 saturated carbocycles. The van der Waals surface area contributed by atoms with Crippen molar-refractivity contribution in [1.82, 2.24) is 4.90 Å². The maximum Gasteiger partial charge on any atom is 0.227 e. The van der Waals surface area contributed by atoms with E-state index in [1.807, 2.05) is 48.5 Å². The minimum absolute atomic E-state index is 0.00138. The summed E-state index contributed by atoms with van der Waals surface area (Å²) in [6.07, 6.45) is 2.24. The molecule has 1 atom stereocenters. The molecule has 2 heterocycles. The highest BCUT2D eigenvalue weighted by molar-refractivity contribution is 7.91. The maximum atomic E-state index is 13.5. The molecule has 0 bridgehead atoms. The van der Waals surface area contributed by atoms with Crippen LogP contribution in [-0.4, -0.2) is 36.8 Å². The van der Waals surface area contributed by atoms with Crippen LogP contribution in [0.25, 0.3) is 21.7 Å². The first kappa shape index (κ1) is 21.0. The van der Waals surface area contributed by atoms with Crippen LogP contribution in [0.4, 0.5) is 0 Å². The summed E-state index contributed by atoms with van der Waals surface area (Å²) in [5, 5.41) is 3.66. The first-order chi connectivity index (χ1) is 15.4. The topological polar surface area (TPSA) is 67.6 Å². The zero-order valence-electron chi connectivity index (χ0n) is 17.3. The molecule has 7 heteroatoms. The van der Waals surface area contributed by atoms with E-state index < -0.39 is 9.84 Å². The summed E-state index contributed by atoms with van der Waals surface area (Å²) >= 11 is 6.00. The molecule has 1 aliphatic rings. The number of carbonyl (C=O) groups is 1. The Morgan fingerprint density at radius 1 is 1.06 bits per heavy atom. The molecule has 164 valence electrons. The normalized spacial score (nSPS) is 17.7. The lowest BCUT2D eigenvalue weighted by Gasteiger charge is -2.28. The van der Waals surface area contributed by atoms with Crippen molar-refractivity contribution in [3.8, 4) is 0 Å². The van der Waals surface area contributed by atoms with E-state index in [0.717, 1.165) is 32.9 Å². The van der Waals surface area contributed by atoms with Crippen molar-refractivity contribution in [3.05, 3.63) is 83.1 Å². The molecule has 0 N–H and O–H groups in total. The van der Waals surface area contributed by atoms with Crippen molar-refractivity contribution in [2.75, 3.05) is 11.5 Å². The quantitative estimate of drug-likeness (QED) is 0.414. The largest absolute Gasteiger partial charge is 0.464 e. The van der Waals surface area contributed by atoms with Crippen LogP contribution >= 0.6 is 11.6 Å². The van der Waals surface area contributed by atoms with Crippen LogP contribution < -0.4 is 0 Å². The van der Waals surface area contributed by atoms with Crippen LogP contribution in [0.2, 0.25) is 5.02 Å². The van der Waals surface area contributed by atoms with E-state index in [2.05, 4.69) is 0 Å². The Morgan fingerprint density at radius 2 is 1.84 bits per heavy atom. The zero-order valence-corrected chi connectivity index (χ0v) is 18.9. The van der Waals surface area contributed by atoms with Gasteiger partial charge in [-0.25, -0.2) is 8.42 Å². The fourth-order valence-electron chi connectivity index (χ4n) is 4.50. The number of fused-ring (bicyclic) bond motifs is 3. The lowest BCUT2D eigenvalue weighted by Crippen LogP contribution is -2.41. The van der Waals surface area contributed by atoms with E-state index in [1.165, 1.54) is 0 Å². The molecule has 3 aromatic carbocycles. The number of sulfone groups is 1. The lowest BCUT2D eigenvalue weighted by molar-refractivity contribution is -0.133. The Hall–Kier alpha value is -2.83. The molecule has 0 radical (unpaired) electrons. The third-order valence-corrected chi connectivity index (χ3v) is 8.12. The average molecular weight is 468 g/mol. The monoisotopic (exact) mass is 467 g/mol. The molecule has 4 aromatic rings. The Morgan fingerprint density at radius 3 is 2.59 bits per heavy atom. The lowest BCUT2D eigenvalue weighted by atomic mass is 10.0. The van der Waals surface area contributed by atoms with E-state index in [9.17, 15) is 13.2 Å². The zero-order chi connectivity index (χ0) is 22.3. The van der Waals surface area contributed by atoms with E-state index in [1.54, 1.807) is 23.3 Å². The molecule has 5 rings (SSSR count). The Kier molecular flexibility index (Phi) is 5.43. The standard InChI is InChI=1S/C25H22ClNO4S/c26-20-8-5-17(6-9-20)14-27(21-11-12-32(29,30)16-21)24(28)13-19-15-31-23-10-7-18-3-1-2-4-22(18)25(19)23/h1-10,15,21H,11-14,16H2. The second kappa shape index (κ2) is 8.26. The van der Waals surface area contributed by atoms with Gasteiger partial charge in [-0.05, 0) is 41.0 Å². The van der Waals surface area contributed by atoms with E-state index in [-0.39, 0.29) is 29.9 Å². The van der Waals surface area contributed by atoms with Crippen LogP contribution in [-0.2, 0) is 27.6 Å². The van der Waals surface area contributed by atoms with Gasteiger partial charge < -0.3 is 9.32 Å². The van der Waals surface area contributed by atoms with Crippen molar-refractivity contribution in [2.45, 2.75) is 25.4 Å². The number of amides is 1. The molecule has 1 fully saturated rings. The molecule has 0 spiro atoms. The fourth-order valence-corrected chi connectivity index (χ4v) is 6.35. The first-order valence-electron chi connectivity index (χ1n) is 10.5. The number of halogens is 1. The molecule has 1 aromatic heterocycles. The maximum absolute atomic E-state index is 13.5. The van der Waals surface area contributed by atoms with Gasteiger partial charge in [0, 0.05) is 28.6 Å². The van der Waals surface area contributed by atoms with E-state index in [4.69, 9.17) is 16.0 Å². The third-order valence-electron chi connectivity index (χ3n) is 6.12. The molecule has 32 heavy (non-hydrogen) atoms. The molecule has 1 saturated heterocycles. The van der Waals surface area contributed by atoms with Gasteiger partial charge in [-0.3, -0.25) is 4.79 Å². The highest BCUT2D eigenvalue weighted by Gasteiger charge is 2.35. The van der Waals surface area contributed by atoms with Crippen molar-refractivity contribution in [3.63, 3.8) is 0 Å². The molecule has 1 unspecified atom stereocenters. The third kappa shape index (κ3) is 4.12. The van der Waals surface area contributed by atoms with Crippen molar-refractivity contribution in [2.24, 2.45) is 0 Å². The minimum atomic E-state index is -3.13. The van der Waals surface area contributed by atoms with Crippen LogP contribution in [0, 0.1) is 0 Å². The number of furan rings is 1. The van der Waals surface area contributed by atoms with Gasteiger partial charge in [0.15, 0.2) is 9.84 Å². The van der Waals surface area contributed by atoms with Gasteiger partial charge in [-0.2, -0.15) is 0 Å². The van der Waals surface area contributed by atoms with Crippen LogP contribution in [0.5, 0.6) is 0 Å². The summed E-state index contributed by atoms with van der Waals surface area (Å²) in [7, 11) is -3.13. The van der Waals surface area contributed by atoms with Gasteiger partial charge in [0.2, 0.25) is 5.91 Å².